The highest BCUT2D eigenvalue weighted by Crippen LogP contribution is 2.48. The molecule has 0 saturated carbocycles. The monoisotopic (exact) mass is 404 g/mol. The third-order valence-electron chi connectivity index (χ3n) is 3.93. The Labute approximate surface area is 136 Å². The summed E-state index contributed by atoms with van der Waals surface area (Å²) in [6, 6.07) is 4.07. The maximum Gasteiger partial charge on any atom is 0.162 e. The molecule has 3 nitrogen and oxygen atoms in total. The lowest BCUT2D eigenvalue weighted by molar-refractivity contribution is 0.0196. The Kier molecular flexibility index (Phi) is 4.29. The van der Waals surface area contributed by atoms with Gasteiger partial charge in [0.2, 0.25) is 0 Å². The summed E-state index contributed by atoms with van der Waals surface area (Å²) in [6.07, 6.45) is 3.09. The zero-order valence-electron chi connectivity index (χ0n) is 11.5. The van der Waals surface area contributed by atoms with Crippen molar-refractivity contribution < 1.29 is 14.2 Å². The molecule has 0 amide bonds. The zero-order chi connectivity index (χ0) is 14.2. The molecule has 0 aromatic heterocycles. The van der Waals surface area contributed by atoms with Crippen molar-refractivity contribution >= 4 is 31.9 Å². The number of benzene rings is 1. The molecule has 5 heteroatoms. The lowest BCUT2D eigenvalue weighted by atomic mass is 9.93. The first-order valence-electron chi connectivity index (χ1n) is 6.97. The van der Waals surface area contributed by atoms with Crippen LogP contribution in [0.4, 0.5) is 0 Å². The topological polar surface area (TPSA) is 27.7 Å². The van der Waals surface area contributed by atoms with Gasteiger partial charge in [0.15, 0.2) is 11.5 Å². The van der Waals surface area contributed by atoms with Crippen molar-refractivity contribution in [3.63, 3.8) is 0 Å². The van der Waals surface area contributed by atoms with E-state index in [0.717, 1.165) is 47.4 Å². The van der Waals surface area contributed by atoms with Crippen LogP contribution >= 0.6 is 31.9 Å². The molecule has 2 heterocycles. The van der Waals surface area contributed by atoms with Gasteiger partial charge in [0, 0.05) is 17.5 Å². The molecule has 2 unspecified atom stereocenters. The van der Waals surface area contributed by atoms with Crippen molar-refractivity contribution in [1.29, 1.82) is 0 Å². The van der Waals surface area contributed by atoms with E-state index in [1.165, 1.54) is 0 Å². The van der Waals surface area contributed by atoms with Gasteiger partial charge >= 0.3 is 0 Å². The highest BCUT2D eigenvalue weighted by atomic mass is 79.9. The van der Waals surface area contributed by atoms with Gasteiger partial charge in [-0.1, -0.05) is 31.9 Å². The Balaban J connectivity index is 1.95. The predicted octanol–water partition coefficient (Wildman–Crippen LogP) is 4.62. The Bertz CT molecular complexity index is 498. The van der Waals surface area contributed by atoms with Gasteiger partial charge < -0.3 is 14.2 Å². The average Bonchev–Trinajstić information content (AvgIpc) is 2.75. The van der Waals surface area contributed by atoms with Gasteiger partial charge in [0.25, 0.3) is 0 Å². The van der Waals surface area contributed by atoms with Gasteiger partial charge in [-0.15, -0.1) is 0 Å². The third kappa shape index (κ3) is 2.72. The van der Waals surface area contributed by atoms with Crippen molar-refractivity contribution in [2.45, 2.75) is 36.6 Å². The summed E-state index contributed by atoms with van der Waals surface area (Å²) in [6.45, 7) is 4.40. The summed E-state index contributed by atoms with van der Waals surface area (Å²) in [4.78, 5) is 0.129. The molecule has 0 aliphatic carbocycles. The van der Waals surface area contributed by atoms with Crippen LogP contribution in [0.5, 0.6) is 11.5 Å². The molecule has 110 valence electrons. The first kappa shape index (κ1) is 14.7. The molecule has 3 rings (SSSR count). The number of fused-ring (bicyclic) bond motifs is 1. The molecule has 2 aliphatic rings. The fourth-order valence-corrected chi connectivity index (χ4v) is 4.32. The highest BCUT2D eigenvalue weighted by molar-refractivity contribution is 9.11. The Morgan fingerprint density at radius 1 is 1.10 bits per heavy atom. The van der Waals surface area contributed by atoms with Crippen LogP contribution in [0, 0.1) is 0 Å². The number of hydrogen-bond donors (Lipinski definition) is 0. The first-order chi connectivity index (χ1) is 9.60. The van der Waals surface area contributed by atoms with E-state index in [0.29, 0.717) is 13.2 Å². The van der Waals surface area contributed by atoms with Crippen LogP contribution < -0.4 is 9.47 Å². The van der Waals surface area contributed by atoms with E-state index in [1.807, 2.05) is 6.07 Å². The fraction of sp³-hybridized carbons (Fsp3) is 0.600. The summed E-state index contributed by atoms with van der Waals surface area (Å²) in [7, 11) is 0. The van der Waals surface area contributed by atoms with Gasteiger partial charge in [0.1, 0.15) is 0 Å². The molecule has 2 aliphatic heterocycles. The Hall–Kier alpha value is -0.260. The van der Waals surface area contributed by atoms with Crippen LogP contribution in [0.25, 0.3) is 0 Å². The lowest BCUT2D eigenvalue weighted by Gasteiger charge is -2.30. The van der Waals surface area contributed by atoms with Gasteiger partial charge in [-0.2, -0.15) is 0 Å². The number of alkyl halides is 1. The number of halogens is 2. The Morgan fingerprint density at radius 3 is 2.45 bits per heavy atom. The summed E-state index contributed by atoms with van der Waals surface area (Å²) >= 11 is 7.47. The van der Waals surface area contributed by atoms with E-state index in [2.05, 4.69) is 44.8 Å². The van der Waals surface area contributed by atoms with Gasteiger partial charge in [-0.05, 0) is 37.5 Å². The average molecular weight is 406 g/mol. The third-order valence-corrected chi connectivity index (χ3v) is 6.07. The van der Waals surface area contributed by atoms with E-state index >= 15 is 0 Å². The maximum atomic E-state index is 5.94. The van der Waals surface area contributed by atoms with Crippen LogP contribution in [0.2, 0.25) is 0 Å². The second-order valence-corrected chi connectivity index (χ2v) is 7.27. The van der Waals surface area contributed by atoms with Crippen LogP contribution in [0.1, 0.15) is 36.6 Å². The normalized spacial score (nSPS) is 27.1. The van der Waals surface area contributed by atoms with Crippen molar-refractivity contribution in [2.75, 3.05) is 19.8 Å². The molecule has 0 N–H and O–H groups in total. The fourth-order valence-electron chi connectivity index (χ4n) is 2.72. The van der Waals surface area contributed by atoms with Crippen molar-refractivity contribution in [3.05, 3.63) is 22.2 Å². The quantitative estimate of drug-likeness (QED) is 0.672. The standard InChI is InChI=1S/C15H18Br2O3/c1-15(4-2-7-20-15)14(17)10-8-12-13(9-11(10)16)19-6-3-5-18-12/h8-9,14H,2-7H2,1H3. The minimum Gasteiger partial charge on any atom is -0.490 e. The molecule has 1 saturated heterocycles. The van der Waals surface area contributed by atoms with E-state index in [9.17, 15) is 0 Å². The van der Waals surface area contributed by atoms with Gasteiger partial charge in [-0.3, -0.25) is 0 Å². The molecule has 2 atom stereocenters. The van der Waals surface area contributed by atoms with E-state index in [1.54, 1.807) is 0 Å². The molecule has 0 spiro atoms. The summed E-state index contributed by atoms with van der Waals surface area (Å²) < 4.78 is 18.5. The van der Waals surface area contributed by atoms with Crippen LogP contribution in [-0.2, 0) is 4.74 Å². The summed E-state index contributed by atoms with van der Waals surface area (Å²) in [5, 5.41) is 0. The molecular formula is C15H18Br2O3. The molecule has 1 fully saturated rings. The maximum absolute atomic E-state index is 5.94. The van der Waals surface area contributed by atoms with Gasteiger partial charge in [0.05, 0.1) is 23.6 Å². The number of hydrogen-bond acceptors (Lipinski definition) is 3. The Morgan fingerprint density at radius 2 is 1.80 bits per heavy atom. The van der Waals surface area contributed by atoms with Crippen molar-refractivity contribution in [3.8, 4) is 11.5 Å². The molecule has 0 bridgehead atoms. The highest BCUT2D eigenvalue weighted by Gasteiger charge is 2.39. The number of ether oxygens (including phenoxy) is 3. The van der Waals surface area contributed by atoms with E-state index in [-0.39, 0.29) is 10.4 Å². The van der Waals surface area contributed by atoms with Crippen LogP contribution in [-0.4, -0.2) is 25.4 Å². The van der Waals surface area contributed by atoms with Crippen LogP contribution in [0.3, 0.4) is 0 Å². The van der Waals surface area contributed by atoms with E-state index in [4.69, 9.17) is 14.2 Å². The smallest absolute Gasteiger partial charge is 0.162 e. The zero-order valence-corrected chi connectivity index (χ0v) is 14.6. The molecule has 1 aromatic carbocycles. The second kappa shape index (κ2) is 5.85. The van der Waals surface area contributed by atoms with Crippen molar-refractivity contribution in [2.24, 2.45) is 0 Å². The first-order valence-corrected chi connectivity index (χ1v) is 8.68. The predicted molar refractivity (Wildman–Crippen MR) is 85.0 cm³/mol. The lowest BCUT2D eigenvalue weighted by Crippen LogP contribution is -2.28. The summed E-state index contributed by atoms with van der Waals surface area (Å²) in [5.41, 5.74) is 0.987. The molecule has 1 aromatic rings. The molecule has 20 heavy (non-hydrogen) atoms. The van der Waals surface area contributed by atoms with Gasteiger partial charge in [-0.25, -0.2) is 0 Å². The molecule has 0 radical (unpaired) electrons. The van der Waals surface area contributed by atoms with Crippen molar-refractivity contribution in [1.82, 2.24) is 0 Å². The minimum absolute atomic E-state index is 0.129. The van der Waals surface area contributed by atoms with E-state index < -0.39 is 0 Å². The minimum atomic E-state index is -0.164. The molecular weight excluding hydrogens is 388 g/mol. The second-order valence-electron chi connectivity index (χ2n) is 5.50. The summed E-state index contributed by atoms with van der Waals surface area (Å²) in [5.74, 6) is 1.64. The van der Waals surface area contributed by atoms with Crippen LogP contribution in [0.15, 0.2) is 16.6 Å². The SMILES string of the molecule is CC1(C(Br)c2cc3c(cc2Br)OCCCO3)CCCO1. The number of rotatable bonds is 2. The largest absolute Gasteiger partial charge is 0.490 e.